The molecule has 0 bridgehead atoms. The van der Waals surface area contributed by atoms with E-state index in [-0.39, 0.29) is 12.5 Å². The maximum atomic E-state index is 10.9. The van der Waals surface area contributed by atoms with E-state index >= 15 is 0 Å². The first-order chi connectivity index (χ1) is 5.77. The Kier molecular flexibility index (Phi) is 1.50. The van der Waals surface area contributed by atoms with Crippen LogP contribution in [0.3, 0.4) is 0 Å². The third-order valence-corrected chi connectivity index (χ3v) is 1.85. The highest BCUT2D eigenvalue weighted by atomic mass is 16.5. The molecule has 3 heteroatoms. The molecule has 0 amide bonds. The molecule has 0 saturated heterocycles. The van der Waals surface area contributed by atoms with Crippen LogP contribution in [0, 0.1) is 6.92 Å². The molecule has 1 N–H and O–H groups in total. The lowest BCUT2D eigenvalue weighted by Crippen LogP contribution is -2.25. The van der Waals surface area contributed by atoms with Gasteiger partial charge in [-0.3, -0.25) is 0 Å². The molecule has 0 radical (unpaired) electrons. The predicted octanol–water partition coefficient (Wildman–Crippen LogP) is 1.33. The molecule has 2 rings (SSSR count). The van der Waals surface area contributed by atoms with E-state index in [4.69, 9.17) is 4.74 Å². The topological polar surface area (TPSA) is 38.3 Å². The van der Waals surface area contributed by atoms with Crippen molar-refractivity contribution >= 4 is 11.7 Å². The van der Waals surface area contributed by atoms with Crippen molar-refractivity contribution in [2.75, 3.05) is 11.9 Å². The van der Waals surface area contributed by atoms with Gasteiger partial charge in [-0.25, -0.2) is 4.79 Å². The summed E-state index contributed by atoms with van der Waals surface area (Å²) >= 11 is 0. The second kappa shape index (κ2) is 2.52. The zero-order valence-electron chi connectivity index (χ0n) is 6.76. The molecular formula is C9H9NO2. The van der Waals surface area contributed by atoms with Crippen LogP contribution in [-0.4, -0.2) is 12.5 Å². The van der Waals surface area contributed by atoms with E-state index < -0.39 is 0 Å². The van der Waals surface area contributed by atoms with Crippen LogP contribution < -0.4 is 10.1 Å². The highest BCUT2D eigenvalue weighted by Crippen LogP contribution is 2.30. The highest BCUT2D eigenvalue weighted by molar-refractivity contribution is 5.84. The van der Waals surface area contributed by atoms with Crippen LogP contribution in [0.2, 0.25) is 0 Å². The summed E-state index contributed by atoms with van der Waals surface area (Å²) < 4.78 is 5.06. The molecular weight excluding hydrogens is 154 g/mol. The van der Waals surface area contributed by atoms with Crippen molar-refractivity contribution in [3.8, 4) is 5.75 Å². The normalized spacial score (nSPS) is 14.6. The Morgan fingerprint density at radius 1 is 1.50 bits per heavy atom. The van der Waals surface area contributed by atoms with Gasteiger partial charge in [0, 0.05) is 0 Å². The number of aryl methyl sites for hydroxylation is 1. The van der Waals surface area contributed by atoms with Gasteiger partial charge in [0.1, 0.15) is 6.54 Å². The molecule has 0 atom stereocenters. The van der Waals surface area contributed by atoms with Crippen molar-refractivity contribution in [1.82, 2.24) is 0 Å². The first kappa shape index (κ1) is 7.16. The Hall–Kier alpha value is -1.51. The summed E-state index contributed by atoms with van der Waals surface area (Å²) in [5, 5.41) is 2.98. The molecule has 0 spiro atoms. The summed E-state index contributed by atoms with van der Waals surface area (Å²) in [5.74, 6) is 0.436. The van der Waals surface area contributed by atoms with Gasteiger partial charge in [-0.15, -0.1) is 0 Å². The lowest BCUT2D eigenvalue weighted by atomic mass is 10.2. The van der Waals surface area contributed by atoms with Crippen LogP contribution in [0.25, 0.3) is 0 Å². The van der Waals surface area contributed by atoms with E-state index in [9.17, 15) is 4.79 Å². The maximum Gasteiger partial charge on any atom is 0.330 e. The first-order valence-corrected chi connectivity index (χ1v) is 3.81. The molecule has 1 aliphatic rings. The molecule has 1 aromatic rings. The molecule has 0 unspecified atom stereocenters. The second-order valence-electron chi connectivity index (χ2n) is 2.78. The Balaban J connectivity index is 2.50. The number of rotatable bonds is 0. The van der Waals surface area contributed by atoms with Gasteiger partial charge >= 0.3 is 5.97 Å². The van der Waals surface area contributed by atoms with E-state index in [2.05, 4.69) is 5.32 Å². The number of carbonyl (C=O) groups is 1. The van der Waals surface area contributed by atoms with E-state index in [0.717, 1.165) is 11.3 Å². The number of esters is 1. The molecule has 1 aliphatic heterocycles. The Morgan fingerprint density at radius 3 is 3.17 bits per heavy atom. The van der Waals surface area contributed by atoms with Crippen molar-refractivity contribution in [2.45, 2.75) is 6.92 Å². The predicted molar refractivity (Wildman–Crippen MR) is 45.3 cm³/mol. The summed E-state index contributed by atoms with van der Waals surface area (Å²) in [6.07, 6.45) is 0. The zero-order chi connectivity index (χ0) is 8.55. The number of ether oxygens (including phenoxy) is 1. The number of fused-ring (bicyclic) bond motifs is 1. The largest absolute Gasteiger partial charge is 0.423 e. The molecule has 0 fully saturated rings. The molecule has 1 heterocycles. The van der Waals surface area contributed by atoms with Crippen LogP contribution in [-0.2, 0) is 4.79 Å². The van der Waals surface area contributed by atoms with Gasteiger partial charge in [-0.05, 0) is 18.6 Å². The molecule has 12 heavy (non-hydrogen) atoms. The van der Waals surface area contributed by atoms with Crippen LogP contribution in [0.15, 0.2) is 18.2 Å². The van der Waals surface area contributed by atoms with Gasteiger partial charge in [0.05, 0.1) is 5.69 Å². The lowest BCUT2D eigenvalue weighted by molar-refractivity contribution is -0.132. The van der Waals surface area contributed by atoms with Crippen molar-refractivity contribution in [1.29, 1.82) is 0 Å². The summed E-state index contributed by atoms with van der Waals surface area (Å²) in [7, 11) is 0. The number of benzene rings is 1. The SMILES string of the molecule is Cc1cccc2c1OC(=O)CN2. The monoisotopic (exact) mass is 163 g/mol. The van der Waals surface area contributed by atoms with Crippen LogP contribution >= 0.6 is 0 Å². The average molecular weight is 163 g/mol. The molecule has 1 aromatic carbocycles. The maximum absolute atomic E-state index is 10.9. The number of nitrogens with one attached hydrogen (secondary N) is 1. The van der Waals surface area contributed by atoms with Crippen molar-refractivity contribution in [3.05, 3.63) is 23.8 Å². The van der Waals surface area contributed by atoms with Gasteiger partial charge in [-0.2, -0.15) is 0 Å². The summed E-state index contributed by atoms with van der Waals surface area (Å²) in [6, 6.07) is 5.74. The smallest absolute Gasteiger partial charge is 0.330 e. The van der Waals surface area contributed by atoms with Crippen LogP contribution in [0.5, 0.6) is 5.75 Å². The van der Waals surface area contributed by atoms with E-state index in [0.29, 0.717) is 5.75 Å². The van der Waals surface area contributed by atoms with Gasteiger partial charge in [0.15, 0.2) is 5.75 Å². The number of para-hydroxylation sites is 1. The lowest BCUT2D eigenvalue weighted by Gasteiger charge is -2.18. The molecule has 0 aromatic heterocycles. The standard InChI is InChI=1S/C9H9NO2/c1-6-3-2-4-7-9(6)12-8(11)5-10-7/h2-4,10H,5H2,1H3. The number of hydrogen-bond donors (Lipinski definition) is 1. The summed E-state index contributed by atoms with van der Waals surface area (Å²) in [6.45, 7) is 2.18. The fourth-order valence-electron chi connectivity index (χ4n) is 1.24. The Labute approximate surface area is 70.3 Å². The minimum Gasteiger partial charge on any atom is -0.423 e. The van der Waals surface area contributed by atoms with Gasteiger partial charge < -0.3 is 10.1 Å². The van der Waals surface area contributed by atoms with Crippen LogP contribution in [0.1, 0.15) is 5.56 Å². The number of hydrogen-bond acceptors (Lipinski definition) is 3. The first-order valence-electron chi connectivity index (χ1n) is 3.81. The minimum absolute atomic E-state index is 0.225. The van der Waals surface area contributed by atoms with E-state index in [1.807, 2.05) is 25.1 Å². The van der Waals surface area contributed by atoms with Gasteiger partial charge in [-0.1, -0.05) is 12.1 Å². The quantitative estimate of drug-likeness (QED) is 0.463. The molecule has 0 aliphatic carbocycles. The fourth-order valence-corrected chi connectivity index (χ4v) is 1.24. The molecule has 3 nitrogen and oxygen atoms in total. The second-order valence-corrected chi connectivity index (χ2v) is 2.78. The third kappa shape index (κ3) is 1.03. The zero-order valence-corrected chi connectivity index (χ0v) is 6.76. The molecule has 62 valence electrons. The van der Waals surface area contributed by atoms with Crippen LogP contribution in [0.4, 0.5) is 5.69 Å². The Morgan fingerprint density at radius 2 is 2.33 bits per heavy atom. The van der Waals surface area contributed by atoms with Crippen molar-refractivity contribution < 1.29 is 9.53 Å². The number of carbonyl (C=O) groups excluding carboxylic acids is 1. The molecule has 0 saturated carbocycles. The summed E-state index contributed by atoms with van der Waals surface area (Å²) in [5.41, 5.74) is 1.88. The van der Waals surface area contributed by atoms with Crippen molar-refractivity contribution in [3.63, 3.8) is 0 Å². The third-order valence-electron chi connectivity index (χ3n) is 1.85. The van der Waals surface area contributed by atoms with Gasteiger partial charge in [0.2, 0.25) is 0 Å². The van der Waals surface area contributed by atoms with Gasteiger partial charge in [0.25, 0.3) is 0 Å². The Bertz CT molecular complexity index is 333. The summed E-state index contributed by atoms with van der Waals surface area (Å²) in [4.78, 5) is 10.9. The number of anilines is 1. The van der Waals surface area contributed by atoms with E-state index in [1.54, 1.807) is 0 Å². The van der Waals surface area contributed by atoms with E-state index in [1.165, 1.54) is 0 Å². The van der Waals surface area contributed by atoms with Crippen molar-refractivity contribution in [2.24, 2.45) is 0 Å². The average Bonchev–Trinajstić information content (AvgIpc) is 2.07. The highest BCUT2D eigenvalue weighted by Gasteiger charge is 2.16. The minimum atomic E-state index is -0.225. The fraction of sp³-hybridized carbons (Fsp3) is 0.222.